The SMILES string of the molecule is COC1C(OP(O)(=S)OCCCO)[C@@H](COP(=O)(S)OC2C[C@H](n3cc(C)c(=O)[nH]c3=O)O[C@@H]2COP(O)(=S)OC2C[C@H](n3cnc4c(=O)[nH]c(N)nc43)O[C@@H]2COP(O)(=S)OC(C)C)O[C@H]1N1C=C(C)C(=O)NC1O. The van der Waals surface area contributed by atoms with E-state index in [1.54, 1.807) is 13.8 Å². The van der Waals surface area contributed by atoms with Gasteiger partial charge < -0.3 is 82.4 Å². The van der Waals surface area contributed by atoms with Crippen molar-refractivity contribution in [3.8, 4) is 0 Å². The number of aryl methyl sites for hydroxylation is 1. The highest BCUT2D eigenvalue weighted by Crippen LogP contribution is 2.58. The number of nitrogens with zero attached hydrogens (tertiary/aromatic N) is 5. The minimum absolute atomic E-state index is 0.0427. The van der Waals surface area contributed by atoms with E-state index in [1.807, 2.05) is 0 Å². The molecule has 0 aromatic carbocycles. The zero-order chi connectivity index (χ0) is 55.7. The van der Waals surface area contributed by atoms with Crippen molar-refractivity contribution in [2.75, 3.05) is 45.9 Å². The second kappa shape index (κ2) is 25.2. The van der Waals surface area contributed by atoms with Gasteiger partial charge >= 0.3 is 32.6 Å². The van der Waals surface area contributed by atoms with Gasteiger partial charge in [-0.3, -0.25) is 47.1 Å². The third-order valence-corrected chi connectivity index (χ3v) is 18.1. The number of nitrogens with one attached hydrogen (secondary N) is 3. The van der Waals surface area contributed by atoms with Crippen molar-refractivity contribution in [1.82, 2.24) is 39.3 Å². The predicted octanol–water partition coefficient (Wildman–Crippen LogP) is 0.205. The van der Waals surface area contributed by atoms with Gasteiger partial charge in [-0.05, 0) is 69.5 Å². The Labute approximate surface area is 452 Å². The van der Waals surface area contributed by atoms with Gasteiger partial charge in [-0.1, -0.05) is 12.2 Å². The zero-order valence-corrected chi connectivity index (χ0v) is 47.7. The average Bonchev–Trinajstić information content (AvgIpc) is 4.11. The van der Waals surface area contributed by atoms with E-state index in [0.717, 1.165) is 4.57 Å². The number of fused-ring (bicyclic) bond motifs is 1. The summed E-state index contributed by atoms with van der Waals surface area (Å²) < 4.78 is 86.7. The Morgan fingerprint density at radius 1 is 0.855 bits per heavy atom. The molecule has 9 unspecified atom stereocenters. The second-order valence-corrected chi connectivity index (χ2v) is 28.8. The largest absolute Gasteiger partial charge is 0.396 e. The van der Waals surface area contributed by atoms with Crippen molar-refractivity contribution in [3.05, 3.63) is 61.1 Å². The number of aliphatic hydroxyl groups is 2. The Kier molecular flexibility index (Phi) is 20.4. The molecule has 1 amide bonds. The first-order valence-corrected chi connectivity index (χ1v) is 33.3. The number of anilines is 1. The summed E-state index contributed by atoms with van der Waals surface area (Å²) in [7, 11) is 1.26. The number of H-pyrrole nitrogens is 2. The first-order chi connectivity index (χ1) is 35.6. The second-order valence-electron chi connectivity index (χ2n) is 17.5. The van der Waals surface area contributed by atoms with Crippen LogP contribution in [-0.2, 0) is 99.9 Å². The highest BCUT2D eigenvalue weighted by atomic mass is 32.7. The van der Waals surface area contributed by atoms with Gasteiger partial charge in [0.25, 0.3) is 17.0 Å². The van der Waals surface area contributed by atoms with Crippen LogP contribution in [0.15, 0.2) is 38.7 Å². The Bertz CT molecular complexity index is 3010. The summed E-state index contributed by atoms with van der Waals surface area (Å²) in [6, 6.07) is 0. The van der Waals surface area contributed by atoms with Crippen molar-refractivity contribution in [2.45, 2.75) is 121 Å². The summed E-state index contributed by atoms with van der Waals surface area (Å²) in [6.07, 6.45) is -11.2. The minimum atomic E-state index is -4.62. The molecule has 15 atom stereocenters. The molecular formula is C37H57N9O22P4S4. The van der Waals surface area contributed by atoms with Crippen LogP contribution in [0.5, 0.6) is 0 Å². The number of hydrogen-bond acceptors (Lipinski definition) is 26. The lowest BCUT2D eigenvalue weighted by atomic mass is 10.1. The maximum atomic E-state index is 14.3. The topological polar surface area (TPSA) is 406 Å². The van der Waals surface area contributed by atoms with Gasteiger partial charge in [0.05, 0.1) is 45.0 Å². The van der Waals surface area contributed by atoms with E-state index >= 15 is 0 Å². The monoisotopic (exact) mass is 1230 g/mol. The minimum Gasteiger partial charge on any atom is -0.396 e. The number of methoxy groups -OCH3 is 1. The first-order valence-electron chi connectivity index (χ1n) is 22.8. The molecule has 0 radical (unpaired) electrons. The highest BCUT2D eigenvalue weighted by molar-refractivity contribution is 8.44. The molecule has 10 N–H and O–H groups in total. The molecule has 39 heteroatoms. The Morgan fingerprint density at radius 3 is 2.12 bits per heavy atom. The fraction of sp³-hybridized carbons (Fsp3) is 0.676. The number of nitrogen functional groups attached to an aromatic ring is 1. The molecule has 0 aliphatic carbocycles. The van der Waals surface area contributed by atoms with Gasteiger partial charge in [0.2, 0.25) is 12.3 Å². The van der Waals surface area contributed by atoms with E-state index < -0.39 is 143 Å². The lowest BCUT2D eigenvalue weighted by Crippen LogP contribution is -2.56. The number of aromatic nitrogens is 6. The molecule has 76 heavy (non-hydrogen) atoms. The van der Waals surface area contributed by atoms with Crippen LogP contribution in [0.1, 0.15) is 58.1 Å². The van der Waals surface area contributed by atoms with E-state index in [0.29, 0.717) is 0 Å². The number of aliphatic hydroxyl groups excluding tert-OH is 2. The van der Waals surface area contributed by atoms with E-state index in [1.165, 1.54) is 49.1 Å². The summed E-state index contributed by atoms with van der Waals surface area (Å²) in [6.45, 7) is -13.2. The van der Waals surface area contributed by atoms with Gasteiger partial charge in [0.1, 0.15) is 49.1 Å². The van der Waals surface area contributed by atoms with E-state index in [-0.39, 0.29) is 60.7 Å². The number of carbonyl (C=O) groups excluding carboxylic acids is 1. The van der Waals surface area contributed by atoms with Crippen LogP contribution in [0.4, 0.5) is 5.95 Å². The number of rotatable bonds is 25. The molecule has 0 bridgehead atoms. The Balaban J connectivity index is 1.10. The fourth-order valence-electron chi connectivity index (χ4n) is 8.18. The number of thiol groups is 1. The van der Waals surface area contributed by atoms with Crippen LogP contribution < -0.4 is 27.9 Å². The summed E-state index contributed by atoms with van der Waals surface area (Å²) in [5.74, 6) is -0.788. The number of aromatic amines is 2. The molecule has 3 fully saturated rings. The molecule has 7 rings (SSSR count). The van der Waals surface area contributed by atoms with E-state index in [4.69, 9.17) is 96.3 Å². The van der Waals surface area contributed by atoms with Gasteiger partial charge in [0, 0.05) is 50.1 Å². The maximum absolute atomic E-state index is 14.3. The standard InChI is InChI=1S/C37H57N9O22P4S4/c1-17(2)65-70(54,74)59-13-23-21(10-26(63-23)46-16-39-27-30(46)40-35(38)41-33(27)50)67-71(55,75)60-14-22-20(9-25(62-22)44-11-18(3)31(48)42-36(44)51)66-72(56,76)61-15-24-28(68-69(53,73)58-8-6-7-47)29(57-5)34(64-24)45-12-19(4)32(49)43-37(45)52/h11-12,16-17,20-26,28-29,34,37,47,52H,6-10,13-15H2,1-5H3,(H,43,49)(H,53,73)(H,54,74)(H,55,75)(H,56,76)(H,42,48,51)(H3,38,40,41,50)/t20?,21?,22-,23-,24-,25-,26-,28?,29?,34-,37?,69?,70?,71?,72?/m1/s1. The normalized spacial score (nSPS) is 30.3. The average molecular weight is 1230 g/mol. The Morgan fingerprint density at radius 2 is 1.47 bits per heavy atom. The van der Waals surface area contributed by atoms with Crippen LogP contribution >= 0.6 is 39.2 Å². The summed E-state index contributed by atoms with van der Waals surface area (Å²) in [5, 5.41) is 22.4. The molecule has 4 aliphatic rings. The van der Waals surface area contributed by atoms with Crippen LogP contribution in [-0.4, -0.2) is 166 Å². The van der Waals surface area contributed by atoms with Gasteiger partial charge in [0.15, 0.2) is 17.4 Å². The molecule has 0 spiro atoms. The van der Waals surface area contributed by atoms with Crippen molar-refractivity contribution < 1.29 is 89.4 Å². The van der Waals surface area contributed by atoms with Crippen LogP contribution in [0, 0.1) is 6.92 Å². The van der Waals surface area contributed by atoms with Crippen molar-refractivity contribution >= 4 is 97.6 Å². The van der Waals surface area contributed by atoms with Crippen molar-refractivity contribution in [3.63, 3.8) is 0 Å². The van der Waals surface area contributed by atoms with E-state index in [2.05, 4.69) is 37.5 Å². The van der Waals surface area contributed by atoms with E-state index in [9.17, 15) is 48.6 Å². The van der Waals surface area contributed by atoms with Gasteiger partial charge in [-0.25, -0.2) is 14.3 Å². The van der Waals surface area contributed by atoms with Crippen molar-refractivity contribution in [1.29, 1.82) is 0 Å². The predicted molar refractivity (Wildman–Crippen MR) is 277 cm³/mol. The molecule has 3 aromatic rings. The molecular weight excluding hydrogens is 1170 g/mol. The number of imidazole rings is 1. The summed E-state index contributed by atoms with van der Waals surface area (Å²) in [5.41, 5.74) is 3.90. The van der Waals surface area contributed by atoms with Crippen molar-refractivity contribution in [2.24, 2.45) is 0 Å². The lowest BCUT2D eigenvalue weighted by molar-refractivity contribution is -0.157. The number of hydrogen-bond donors (Lipinski definition) is 10. The fourth-order valence-corrected chi connectivity index (χ4v) is 14.3. The smallest absolute Gasteiger partial charge is 0.386 e. The summed E-state index contributed by atoms with van der Waals surface area (Å²) >= 11 is 20.1. The number of ether oxygens (including phenoxy) is 4. The van der Waals surface area contributed by atoms with Crippen LogP contribution in [0.2, 0.25) is 0 Å². The molecule has 31 nitrogen and oxygen atoms in total. The molecule has 3 aromatic heterocycles. The maximum Gasteiger partial charge on any atom is 0.386 e. The number of amides is 1. The number of nitrogens with two attached hydrogens (primary N) is 1. The highest BCUT2D eigenvalue weighted by Gasteiger charge is 2.53. The van der Waals surface area contributed by atoms with Gasteiger partial charge in [-0.2, -0.15) is 4.98 Å². The third kappa shape index (κ3) is 15.4. The lowest BCUT2D eigenvalue weighted by Gasteiger charge is -2.37. The Hall–Kier alpha value is -2.31. The summed E-state index contributed by atoms with van der Waals surface area (Å²) in [4.78, 5) is 97.7. The zero-order valence-electron chi connectivity index (χ0n) is 40.8. The number of carbonyl (C=O) groups is 1. The first kappa shape index (κ1) is 61.3. The molecule has 4 aliphatic heterocycles. The molecule has 7 heterocycles. The molecule has 0 saturated carbocycles. The van der Waals surface area contributed by atoms with Crippen LogP contribution in [0.25, 0.3) is 11.2 Å². The van der Waals surface area contributed by atoms with Crippen LogP contribution in [0.3, 0.4) is 0 Å². The molecule has 426 valence electrons. The quantitative estimate of drug-likeness (QED) is 0.0308. The third-order valence-electron chi connectivity index (χ3n) is 11.6. The van der Waals surface area contributed by atoms with Gasteiger partial charge in [-0.15, -0.1) is 0 Å². The molecule has 3 saturated heterocycles.